The van der Waals surface area contributed by atoms with Crippen LogP contribution in [0.25, 0.3) is 0 Å². The number of carbonyl (C=O) groups excluding carboxylic acids is 1. The van der Waals surface area contributed by atoms with Gasteiger partial charge in [-0.1, -0.05) is 61.9 Å². The zero-order chi connectivity index (χ0) is 19.4. The van der Waals surface area contributed by atoms with E-state index >= 15 is 0 Å². The third-order valence-corrected chi connectivity index (χ3v) is 7.23. The molecule has 0 aliphatic heterocycles. The van der Waals surface area contributed by atoms with E-state index in [0.717, 1.165) is 6.42 Å². The summed E-state index contributed by atoms with van der Waals surface area (Å²) in [5, 5.41) is 14.5. The predicted molar refractivity (Wildman–Crippen MR) is 109 cm³/mol. The molecule has 1 aromatic heterocycles. The second-order valence-electron chi connectivity index (χ2n) is 7.12. The summed E-state index contributed by atoms with van der Waals surface area (Å²) in [5.74, 6) is 0.829. The quantitative estimate of drug-likeness (QED) is 0.669. The molecule has 0 bridgehead atoms. The fraction of sp³-hybridized carbons (Fsp3) is 0.526. The van der Waals surface area contributed by atoms with Crippen molar-refractivity contribution < 1.29 is 9.18 Å². The number of nitrogens with zero attached hydrogens (tertiary/aromatic N) is 2. The summed E-state index contributed by atoms with van der Waals surface area (Å²) >= 11 is 2.69. The van der Waals surface area contributed by atoms with Crippen molar-refractivity contribution in [2.75, 3.05) is 5.32 Å². The van der Waals surface area contributed by atoms with Crippen LogP contribution in [-0.4, -0.2) is 27.4 Å². The van der Waals surface area contributed by atoms with Crippen LogP contribution in [0, 0.1) is 17.7 Å². The van der Waals surface area contributed by atoms with Gasteiger partial charge in [-0.15, -0.1) is 10.2 Å². The standard InChI is InChI=1S/C19H25FN4OS2/c1-11-7-6-10-15(12(11)2)21-17(25)13(3)26-19-24-23-18(27-19)22-16-9-5-4-8-14(16)20/h4-5,8-9,11-13,15H,6-7,10H2,1-3H3,(H,21,25)(H,22,23)/t11-,12+,13+,15-/m0/s1. The molecule has 146 valence electrons. The summed E-state index contributed by atoms with van der Waals surface area (Å²) in [4.78, 5) is 12.6. The molecule has 4 atom stereocenters. The molecule has 0 saturated heterocycles. The zero-order valence-electron chi connectivity index (χ0n) is 15.7. The Morgan fingerprint density at radius 3 is 2.85 bits per heavy atom. The topological polar surface area (TPSA) is 66.9 Å². The second-order valence-corrected chi connectivity index (χ2v) is 9.69. The van der Waals surface area contributed by atoms with Gasteiger partial charge in [0.15, 0.2) is 4.34 Å². The van der Waals surface area contributed by atoms with E-state index in [1.165, 1.54) is 42.0 Å². The lowest BCUT2D eigenvalue weighted by Crippen LogP contribution is -2.46. The van der Waals surface area contributed by atoms with Crippen molar-refractivity contribution in [2.45, 2.75) is 55.7 Å². The van der Waals surface area contributed by atoms with Crippen LogP contribution in [-0.2, 0) is 4.79 Å². The van der Waals surface area contributed by atoms with Crippen LogP contribution in [0.2, 0.25) is 0 Å². The number of benzene rings is 1. The number of aromatic nitrogens is 2. The summed E-state index contributed by atoms with van der Waals surface area (Å²) < 4.78 is 14.4. The van der Waals surface area contributed by atoms with Gasteiger partial charge in [0.1, 0.15) is 5.82 Å². The first kappa shape index (κ1) is 20.1. The van der Waals surface area contributed by atoms with Crippen molar-refractivity contribution in [2.24, 2.45) is 11.8 Å². The van der Waals surface area contributed by atoms with Gasteiger partial charge < -0.3 is 10.6 Å². The van der Waals surface area contributed by atoms with Crippen molar-refractivity contribution >= 4 is 39.8 Å². The number of hydrogen-bond donors (Lipinski definition) is 2. The third-order valence-electron chi connectivity index (χ3n) is 5.20. The molecule has 5 nitrogen and oxygen atoms in total. The molecule has 3 rings (SSSR count). The molecule has 1 aliphatic rings. The van der Waals surface area contributed by atoms with Crippen molar-refractivity contribution in [3.05, 3.63) is 30.1 Å². The predicted octanol–water partition coefficient (Wildman–Crippen LogP) is 4.84. The van der Waals surface area contributed by atoms with E-state index in [1.807, 2.05) is 6.92 Å². The number of hydrogen-bond acceptors (Lipinski definition) is 6. The summed E-state index contributed by atoms with van der Waals surface area (Å²) in [7, 11) is 0. The molecule has 8 heteroatoms. The zero-order valence-corrected chi connectivity index (χ0v) is 17.4. The van der Waals surface area contributed by atoms with Crippen molar-refractivity contribution in [3.63, 3.8) is 0 Å². The van der Waals surface area contributed by atoms with E-state index in [4.69, 9.17) is 0 Å². The summed E-state index contributed by atoms with van der Waals surface area (Å²) in [6.45, 7) is 6.35. The monoisotopic (exact) mass is 408 g/mol. The maximum absolute atomic E-state index is 13.7. The molecule has 1 heterocycles. The van der Waals surface area contributed by atoms with Gasteiger partial charge in [0.25, 0.3) is 0 Å². The van der Waals surface area contributed by atoms with Crippen LogP contribution in [0.3, 0.4) is 0 Å². The van der Waals surface area contributed by atoms with Gasteiger partial charge in [-0.2, -0.15) is 0 Å². The van der Waals surface area contributed by atoms with Gasteiger partial charge in [0.05, 0.1) is 10.9 Å². The molecular weight excluding hydrogens is 383 g/mol. The number of amides is 1. The van der Waals surface area contributed by atoms with Gasteiger partial charge in [0, 0.05) is 6.04 Å². The van der Waals surface area contributed by atoms with E-state index in [2.05, 4.69) is 34.7 Å². The van der Waals surface area contributed by atoms with Crippen LogP contribution < -0.4 is 10.6 Å². The Balaban J connectivity index is 1.55. The molecule has 1 amide bonds. The first-order valence-corrected chi connectivity index (χ1v) is 11.0. The van der Waals surface area contributed by atoms with Gasteiger partial charge in [0.2, 0.25) is 11.0 Å². The first-order valence-electron chi connectivity index (χ1n) is 9.26. The third kappa shape index (κ3) is 5.19. The summed E-state index contributed by atoms with van der Waals surface area (Å²) in [6, 6.07) is 6.67. The lowest BCUT2D eigenvalue weighted by atomic mass is 9.78. The first-order chi connectivity index (χ1) is 12.9. The van der Waals surface area contributed by atoms with Crippen LogP contribution in [0.15, 0.2) is 28.6 Å². The molecule has 1 aliphatic carbocycles. The summed E-state index contributed by atoms with van der Waals surface area (Å²) in [5.41, 5.74) is 0.358. The number of thioether (sulfide) groups is 1. The Morgan fingerprint density at radius 1 is 1.30 bits per heavy atom. The molecule has 2 aromatic rings. The van der Waals surface area contributed by atoms with E-state index in [1.54, 1.807) is 18.2 Å². The smallest absolute Gasteiger partial charge is 0.233 e. The maximum atomic E-state index is 13.7. The average Bonchev–Trinajstić information content (AvgIpc) is 3.08. The second kappa shape index (κ2) is 9.01. The van der Waals surface area contributed by atoms with E-state index in [0.29, 0.717) is 27.0 Å². The molecule has 0 unspecified atom stereocenters. The SMILES string of the molecule is C[C@H]1[C@@H](NC(=O)[C@@H](C)Sc2nnc(Nc3ccccc3F)s2)CCC[C@@H]1C. The van der Waals surface area contributed by atoms with E-state index in [9.17, 15) is 9.18 Å². The number of halogens is 1. The van der Waals surface area contributed by atoms with Crippen molar-refractivity contribution in [1.82, 2.24) is 15.5 Å². The lowest BCUT2D eigenvalue weighted by Gasteiger charge is -2.35. The Labute approximate surface area is 167 Å². The Bertz CT molecular complexity index is 785. The van der Waals surface area contributed by atoms with Crippen LogP contribution in [0.5, 0.6) is 0 Å². The summed E-state index contributed by atoms with van der Waals surface area (Å²) in [6.07, 6.45) is 3.45. The molecule has 0 spiro atoms. The van der Waals surface area contributed by atoms with Crippen molar-refractivity contribution in [1.29, 1.82) is 0 Å². The minimum atomic E-state index is -0.342. The van der Waals surface area contributed by atoms with E-state index in [-0.39, 0.29) is 23.0 Å². The Morgan fingerprint density at radius 2 is 2.07 bits per heavy atom. The minimum absolute atomic E-state index is 0.0322. The number of anilines is 2. The molecule has 0 radical (unpaired) electrons. The van der Waals surface area contributed by atoms with Crippen LogP contribution >= 0.6 is 23.1 Å². The van der Waals surface area contributed by atoms with Gasteiger partial charge in [-0.25, -0.2) is 4.39 Å². The maximum Gasteiger partial charge on any atom is 0.233 e. The number of carbonyl (C=O) groups is 1. The van der Waals surface area contributed by atoms with Crippen LogP contribution in [0.4, 0.5) is 15.2 Å². The highest BCUT2D eigenvalue weighted by Gasteiger charge is 2.29. The highest BCUT2D eigenvalue weighted by atomic mass is 32.2. The number of nitrogens with one attached hydrogen (secondary N) is 2. The Kier molecular flexibility index (Phi) is 6.70. The average molecular weight is 409 g/mol. The van der Waals surface area contributed by atoms with Gasteiger partial charge in [-0.3, -0.25) is 4.79 Å². The molecule has 1 saturated carbocycles. The largest absolute Gasteiger partial charge is 0.352 e. The minimum Gasteiger partial charge on any atom is -0.352 e. The fourth-order valence-electron chi connectivity index (χ4n) is 3.28. The molecule has 2 N–H and O–H groups in total. The molecular formula is C19H25FN4OS2. The van der Waals surface area contributed by atoms with Gasteiger partial charge >= 0.3 is 0 Å². The molecule has 1 aromatic carbocycles. The van der Waals surface area contributed by atoms with Gasteiger partial charge in [-0.05, 0) is 37.3 Å². The highest BCUT2D eigenvalue weighted by Crippen LogP contribution is 2.32. The van der Waals surface area contributed by atoms with Crippen molar-refractivity contribution in [3.8, 4) is 0 Å². The fourth-order valence-corrected chi connectivity index (χ4v) is 5.19. The van der Waals surface area contributed by atoms with E-state index < -0.39 is 0 Å². The van der Waals surface area contributed by atoms with Crippen LogP contribution in [0.1, 0.15) is 40.0 Å². The lowest BCUT2D eigenvalue weighted by molar-refractivity contribution is -0.121. The Hall–Kier alpha value is -1.67. The normalized spacial score (nSPS) is 23.6. The molecule has 27 heavy (non-hydrogen) atoms. The molecule has 1 fully saturated rings. The number of rotatable bonds is 6. The number of para-hydroxylation sites is 1. The highest BCUT2D eigenvalue weighted by molar-refractivity contribution is 8.02.